The van der Waals surface area contributed by atoms with E-state index < -0.39 is 12.1 Å². The van der Waals surface area contributed by atoms with Crippen molar-refractivity contribution in [2.24, 2.45) is 0 Å². The number of hydrogen-bond donors (Lipinski definition) is 2. The highest BCUT2D eigenvalue weighted by Crippen LogP contribution is 2.28. The van der Waals surface area contributed by atoms with Crippen LogP contribution in [0.25, 0.3) is 0 Å². The molecule has 0 spiro atoms. The third kappa shape index (κ3) is 2.70. The molecule has 0 aliphatic carbocycles. The number of hydrogen-bond acceptors (Lipinski definition) is 3. The molecular formula is C10H12BrNO3. The molecule has 5 heteroatoms. The number of benzene rings is 1. The van der Waals surface area contributed by atoms with Gasteiger partial charge in [0.05, 0.1) is 5.69 Å². The standard InChI is InChI=1S/C10H12BrNO3/c1-12(2)8-4-3-6(5-7(8)11)9(13)10(14)15/h3-5,9,13H,1-2H3,(H,14,15). The Labute approximate surface area is 96.3 Å². The van der Waals surface area contributed by atoms with Crippen molar-refractivity contribution >= 4 is 27.6 Å². The van der Waals surface area contributed by atoms with E-state index in [2.05, 4.69) is 15.9 Å². The first-order valence-corrected chi connectivity index (χ1v) is 5.10. The maximum Gasteiger partial charge on any atom is 0.337 e. The van der Waals surface area contributed by atoms with Gasteiger partial charge in [0.2, 0.25) is 0 Å². The Morgan fingerprint density at radius 3 is 2.47 bits per heavy atom. The van der Waals surface area contributed by atoms with Gasteiger partial charge in [-0.15, -0.1) is 0 Å². The quantitative estimate of drug-likeness (QED) is 0.879. The number of carboxylic acid groups (broad SMARTS) is 1. The summed E-state index contributed by atoms with van der Waals surface area (Å²) in [5.74, 6) is -1.25. The van der Waals surface area contributed by atoms with Crippen LogP contribution in [0.4, 0.5) is 5.69 Å². The van der Waals surface area contributed by atoms with Gasteiger partial charge in [-0.05, 0) is 33.6 Å². The lowest BCUT2D eigenvalue weighted by atomic mass is 10.1. The predicted molar refractivity (Wildman–Crippen MR) is 61.1 cm³/mol. The summed E-state index contributed by atoms with van der Waals surface area (Å²) in [6.45, 7) is 0. The van der Waals surface area contributed by atoms with Crippen molar-refractivity contribution in [3.63, 3.8) is 0 Å². The molecule has 0 aromatic heterocycles. The van der Waals surface area contributed by atoms with Gasteiger partial charge in [-0.3, -0.25) is 0 Å². The molecule has 0 saturated heterocycles. The molecule has 15 heavy (non-hydrogen) atoms. The lowest BCUT2D eigenvalue weighted by Gasteiger charge is -2.16. The van der Waals surface area contributed by atoms with Crippen LogP contribution >= 0.6 is 15.9 Å². The maximum atomic E-state index is 10.6. The number of carboxylic acids is 1. The minimum atomic E-state index is -1.47. The molecule has 82 valence electrons. The van der Waals surface area contributed by atoms with Crippen LogP contribution in [0.15, 0.2) is 22.7 Å². The fourth-order valence-electron chi connectivity index (χ4n) is 1.20. The summed E-state index contributed by atoms with van der Waals surface area (Å²) in [5.41, 5.74) is 1.29. The molecular weight excluding hydrogens is 262 g/mol. The van der Waals surface area contributed by atoms with Gasteiger partial charge >= 0.3 is 5.97 Å². The number of halogens is 1. The molecule has 0 bridgehead atoms. The zero-order valence-electron chi connectivity index (χ0n) is 8.44. The Hall–Kier alpha value is -1.07. The van der Waals surface area contributed by atoms with E-state index in [1.165, 1.54) is 0 Å². The molecule has 0 fully saturated rings. The monoisotopic (exact) mass is 273 g/mol. The van der Waals surface area contributed by atoms with Crippen LogP contribution in [0.5, 0.6) is 0 Å². The van der Waals surface area contributed by atoms with Crippen molar-refractivity contribution < 1.29 is 15.0 Å². The van der Waals surface area contributed by atoms with Gasteiger partial charge in [-0.1, -0.05) is 6.07 Å². The van der Waals surface area contributed by atoms with Crippen LogP contribution in [0.1, 0.15) is 11.7 Å². The van der Waals surface area contributed by atoms with E-state index in [-0.39, 0.29) is 0 Å². The number of aliphatic hydroxyl groups is 1. The van der Waals surface area contributed by atoms with Crippen LogP contribution in [-0.4, -0.2) is 30.3 Å². The lowest BCUT2D eigenvalue weighted by Crippen LogP contribution is -2.12. The molecule has 4 nitrogen and oxygen atoms in total. The Morgan fingerprint density at radius 2 is 2.07 bits per heavy atom. The highest BCUT2D eigenvalue weighted by molar-refractivity contribution is 9.10. The van der Waals surface area contributed by atoms with Crippen molar-refractivity contribution in [2.75, 3.05) is 19.0 Å². The van der Waals surface area contributed by atoms with Gasteiger partial charge in [0.15, 0.2) is 6.10 Å². The highest BCUT2D eigenvalue weighted by atomic mass is 79.9. The van der Waals surface area contributed by atoms with Crippen LogP contribution in [-0.2, 0) is 4.79 Å². The second kappa shape index (κ2) is 4.63. The van der Waals surface area contributed by atoms with Crippen molar-refractivity contribution in [1.29, 1.82) is 0 Å². The molecule has 0 aliphatic heterocycles. The van der Waals surface area contributed by atoms with E-state index in [1.54, 1.807) is 18.2 Å². The van der Waals surface area contributed by atoms with E-state index in [1.807, 2.05) is 19.0 Å². The minimum Gasteiger partial charge on any atom is -0.479 e. The number of aliphatic hydroxyl groups excluding tert-OH is 1. The van der Waals surface area contributed by atoms with E-state index in [4.69, 9.17) is 5.11 Å². The average molecular weight is 274 g/mol. The Kier molecular flexibility index (Phi) is 3.71. The second-order valence-corrected chi connectivity index (χ2v) is 4.20. The average Bonchev–Trinajstić information content (AvgIpc) is 2.15. The molecule has 1 unspecified atom stereocenters. The SMILES string of the molecule is CN(C)c1ccc(C(O)C(=O)O)cc1Br. The summed E-state index contributed by atoms with van der Waals surface area (Å²) in [6.07, 6.45) is -1.47. The van der Waals surface area contributed by atoms with Gasteiger partial charge in [0, 0.05) is 18.6 Å². The summed E-state index contributed by atoms with van der Waals surface area (Å²) >= 11 is 3.32. The van der Waals surface area contributed by atoms with Gasteiger partial charge in [0.25, 0.3) is 0 Å². The molecule has 0 radical (unpaired) electrons. The predicted octanol–water partition coefficient (Wildman–Crippen LogP) is 1.63. The van der Waals surface area contributed by atoms with E-state index in [0.29, 0.717) is 5.56 Å². The molecule has 1 aromatic carbocycles. The van der Waals surface area contributed by atoms with Crippen LogP contribution < -0.4 is 4.90 Å². The molecule has 0 amide bonds. The molecule has 2 N–H and O–H groups in total. The maximum absolute atomic E-state index is 10.6. The summed E-state index contributed by atoms with van der Waals surface area (Å²) in [5, 5.41) is 17.9. The third-order valence-electron chi connectivity index (χ3n) is 2.00. The van der Waals surface area contributed by atoms with Crippen molar-refractivity contribution in [1.82, 2.24) is 0 Å². The first-order chi connectivity index (χ1) is 6.93. The number of carbonyl (C=O) groups is 1. The smallest absolute Gasteiger partial charge is 0.337 e. The Bertz CT molecular complexity index is 379. The largest absolute Gasteiger partial charge is 0.479 e. The Morgan fingerprint density at radius 1 is 1.47 bits per heavy atom. The Balaban J connectivity index is 3.06. The van der Waals surface area contributed by atoms with Crippen LogP contribution in [0.3, 0.4) is 0 Å². The fraction of sp³-hybridized carbons (Fsp3) is 0.300. The molecule has 0 heterocycles. The number of nitrogens with zero attached hydrogens (tertiary/aromatic N) is 1. The molecule has 1 rings (SSSR count). The van der Waals surface area contributed by atoms with Crippen molar-refractivity contribution in [3.05, 3.63) is 28.2 Å². The van der Waals surface area contributed by atoms with E-state index >= 15 is 0 Å². The first-order valence-electron chi connectivity index (χ1n) is 4.31. The number of rotatable bonds is 3. The highest BCUT2D eigenvalue weighted by Gasteiger charge is 2.16. The molecule has 0 saturated carbocycles. The third-order valence-corrected chi connectivity index (χ3v) is 2.64. The van der Waals surface area contributed by atoms with E-state index in [0.717, 1.165) is 10.2 Å². The summed E-state index contributed by atoms with van der Waals surface area (Å²) < 4.78 is 0.755. The zero-order valence-corrected chi connectivity index (χ0v) is 10.0. The summed E-state index contributed by atoms with van der Waals surface area (Å²) in [6, 6.07) is 4.96. The van der Waals surface area contributed by atoms with E-state index in [9.17, 15) is 9.90 Å². The molecule has 1 atom stereocenters. The summed E-state index contributed by atoms with van der Waals surface area (Å²) in [4.78, 5) is 12.4. The molecule has 0 aliphatic rings. The number of aliphatic carboxylic acids is 1. The van der Waals surface area contributed by atoms with Crippen LogP contribution in [0, 0.1) is 0 Å². The van der Waals surface area contributed by atoms with Crippen molar-refractivity contribution in [3.8, 4) is 0 Å². The minimum absolute atomic E-state index is 0.361. The summed E-state index contributed by atoms with van der Waals surface area (Å²) in [7, 11) is 3.76. The van der Waals surface area contributed by atoms with Gasteiger partial charge in [-0.25, -0.2) is 4.79 Å². The lowest BCUT2D eigenvalue weighted by molar-refractivity contribution is -0.146. The molecule has 1 aromatic rings. The zero-order chi connectivity index (χ0) is 11.6. The van der Waals surface area contributed by atoms with Gasteiger partial charge in [-0.2, -0.15) is 0 Å². The van der Waals surface area contributed by atoms with Crippen molar-refractivity contribution in [2.45, 2.75) is 6.10 Å². The fourth-order valence-corrected chi connectivity index (χ4v) is 1.95. The number of anilines is 1. The van der Waals surface area contributed by atoms with Gasteiger partial charge < -0.3 is 15.1 Å². The second-order valence-electron chi connectivity index (χ2n) is 3.35. The first kappa shape index (κ1) is 12.0. The topological polar surface area (TPSA) is 60.8 Å². The van der Waals surface area contributed by atoms with Gasteiger partial charge in [0.1, 0.15) is 0 Å². The van der Waals surface area contributed by atoms with Crippen LogP contribution in [0.2, 0.25) is 0 Å². The normalized spacial score (nSPS) is 12.3.